The molecule has 2 aromatic rings. The number of nitrogens with zero attached hydrogens (tertiary/aromatic N) is 2. The molecule has 21 heavy (non-hydrogen) atoms. The lowest BCUT2D eigenvalue weighted by Gasteiger charge is -2.07. The van der Waals surface area contributed by atoms with E-state index in [2.05, 4.69) is 15.3 Å². The number of aryl methyl sites for hydroxylation is 1. The first-order valence-corrected chi connectivity index (χ1v) is 6.53. The van der Waals surface area contributed by atoms with Crippen LogP contribution in [-0.4, -0.2) is 27.0 Å². The number of pyridine rings is 1. The Hall–Kier alpha value is -2.70. The van der Waals surface area contributed by atoms with Crippen molar-refractivity contribution in [2.45, 2.75) is 19.9 Å². The van der Waals surface area contributed by atoms with E-state index >= 15 is 0 Å². The molecule has 0 saturated carbocycles. The van der Waals surface area contributed by atoms with Crippen molar-refractivity contribution in [1.29, 1.82) is 0 Å². The van der Waals surface area contributed by atoms with E-state index in [0.29, 0.717) is 18.5 Å². The van der Waals surface area contributed by atoms with E-state index in [1.807, 2.05) is 18.2 Å². The summed E-state index contributed by atoms with van der Waals surface area (Å²) in [6.07, 6.45) is 3.69. The summed E-state index contributed by atoms with van der Waals surface area (Å²) in [5.74, 6) is -0.292. The monoisotopic (exact) mass is 288 g/mol. The van der Waals surface area contributed by atoms with Crippen LogP contribution in [0, 0.1) is 6.92 Å². The number of H-pyrrole nitrogens is 1. The number of aromatic amines is 1. The Bertz CT molecular complexity index is 734. The minimum absolute atomic E-state index is 0.126. The fourth-order valence-electron chi connectivity index (χ4n) is 1.82. The molecule has 110 valence electrons. The summed E-state index contributed by atoms with van der Waals surface area (Å²) in [6, 6.07) is 5.59. The standard InChI is InChI=1S/C14H16N4O3/c1-10-8-18(14(21)17-13(10)20)9-12(19)16-7-5-11-4-2-3-6-15-11/h2-4,6,8H,5,7,9H2,1H3,(H,16,19)(H,17,20,21). The van der Waals surface area contributed by atoms with Crippen LogP contribution < -0.4 is 16.6 Å². The van der Waals surface area contributed by atoms with E-state index in [1.54, 1.807) is 13.1 Å². The molecule has 0 aliphatic heterocycles. The Morgan fingerprint density at radius 3 is 2.90 bits per heavy atom. The van der Waals surface area contributed by atoms with E-state index in [0.717, 1.165) is 5.69 Å². The number of hydrogen-bond donors (Lipinski definition) is 2. The van der Waals surface area contributed by atoms with Gasteiger partial charge in [0.25, 0.3) is 5.56 Å². The summed E-state index contributed by atoms with van der Waals surface area (Å²) < 4.78 is 1.17. The second kappa shape index (κ2) is 6.65. The molecule has 0 spiro atoms. The SMILES string of the molecule is Cc1cn(CC(=O)NCCc2ccccn2)c(=O)[nH]c1=O. The summed E-state index contributed by atoms with van der Waals surface area (Å²) in [5.41, 5.74) is 0.239. The van der Waals surface area contributed by atoms with Gasteiger partial charge in [0, 0.05) is 36.6 Å². The zero-order valence-corrected chi connectivity index (χ0v) is 11.6. The molecule has 0 fully saturated rings. The van der Waals surface area contributed by atoms with Crippen LogP contribution in [0.3, 0.4) is 0 Å². The van der Waals surface area contributed by atoms with E-state index in [-0.39, 0.29) is 12.5 Å². The average Bonchev–Trinajstić information content (AvgIpc) is 2.46. The minimum atomic E-state index is -0.592. The fourth-order valence-corrected chi connectivity index (χ4v) is 1.82. The minimum Gasteiger partial charge on any atom is -0.354 e. The van der Waals surface area contributed by atoms with Crippen LogP contribution in [0.5, 0.6) is 0 Å². The number of rotatable bonds is 5. The molecule has 1 amide bonds. The lowest BCUT2D eigenvalue weighted by molar-refractivity contribution is -0.121. The largest absolute Gasteiger partial charge is 0.354 e. The summed E-state index contributed by atoms with van der Waals surface area (Å²) in [4.78, 5) is 40.8. The number of hydrogen-bond acceptors (Lipinski definition) is 4. The molecule has 0 saturated heterocycles. The van der Waals surface area contributed by atoms with Gasteiger partial charge in [-0.3, -0.25) is 24.1 Å². The van der Waals surface area contributed by atoms with Gasteiger partial charge >= 0.3 is 5.69 Å². The third-order valence-electron chi connectivity index (χ3n) is 2.93. The van der Waals surface area contributed by atoms with Crippen molar-refractivity contribution in [2.75, 3.05) is 6.54 Å². The predicted octanol–water partition coefficient (Wildman–Crippen LogP) is -0.401. The molecule has 0 aliphatic rings. The summed E-state index contributed by atoms with van der Waals surface area (Å²) in [7, 11) is 0. The van der Waals surface area contributed by atoms with Gasteiger partial charge in [0.15, 0.2) is 0 Å². The number of nitrogens with one attached hydrogen (secondary N) is 2. The van der Waals surface area contributed by atoms with Crippen molar-refractivity contribution >= 4 is 5.91 Å². The molecule has 0 aliphatic carbocycles. The lowest BCUT2D eigenvalue weighted by atomic mass is 10.3. The van der Waals surface area contributed by atoms with Crippen LogP contribution in [0.1, 0.15) is 11.3 Å². The number of amides is 1. The number of carbonyl (C=O) groups is 1. The maximum Gasteiger partial charge on any atom is 0.328 e. The molecule has 2 aromatic heterocycles. The van der Waals surface area contributed by atoms with Gasteiger partial charge in [-0.1, -0.05) is 6.07 Å². The highest BCUT2D eigenvalue weighted by Gasteiger charge is 2.06. The van der Waals surface area contributed by atoms with Crippen molar-refractivity contribution < 1.29 is 4.79 Å². The molecule has 2 N–H and O–H groups in total. The van der Waals surface area contributed by atoms with Crippen molar-refractivity contribution in [2.24, 2.45) is 0 Å². The summed E-state index contributed by atoms with van der Waals surface area (Å²) in [6.45, 7) is 1.89. The normalized spacial score (nSPS) is 10.3. The van der Waals surface area contributed by atoms with Gasteiger partial charge in [-0.05, 0) is 19.1 Å². The maximum absolute atomic E-state index is 11.8. The maximum atomic E-state index is 11.8. The van der Waals surface area contributed by atoms with Crippen molar-refractivity contribution in [1.82, 2.24) is 19.9 Å². The molecule has 7 heteroatoms. The van der Waals surface area contributed by atoms with Crippen LogP contribution >= 0.6 is 0 Å². The Balaban J connectivity index is 1.89. The summed E-state index contributed by atoms with van der Waals surface area (Å²) in [5, 5.41) is 2.71. The van der Waals surface area contributed by atoms with Crippen molar-refractivity contribution in [3.8, 4) is 0 Å². The molecule has 2 heterocycles. The van der Waals surface area contributed by atoms with E-state index in [9.17, 15) is 14.4 Å². The Kier molecular flexibility index (Phi) is 4.65. The van der Waals surface area contributed by atoms with Gasteiger partial charge in [0.2, 0.25) is 5.91 Å². The second-order valence-electron chi connectivity index (χ2n) is 4.62. The molecule has 0 aromatic carbocycles. The molecule has 0 atom stereocenters. The van der Waals surface area contributed by atoms with Gasteiger partial charge in [0.05, 0.1) is 0 Å². The average molecular weight is 288 g/mol. The van der Waals surface area contributed by atoms with Gasteiger partial charge in [-0.15, -0.1) is 0 Å². The Morgan fingerprint density at radius 1 is 1.38 bits per heavy atom. The van der Waals surface area contributed by atoms with Crippen LogP contribution in [0.15, 0.2) is 40.2 Å². The molecule has 7 nitrogen and oxygen atoms in total. The Morgan fingerprint density at radius 2 is 2.19 bits per heavy atom. The summed E-state index contributed by atoms with van der Waals surface area (Å²) >= 11 is 0. The van der Waals surface area contributed by atoms with Crippen molar-refractivity contribution in [3.05, 3.63) is 62.7 Å². The second-order valence-corrected chi connectivity index (χ2v) is 4.62. The van der Waals surface area contributed by atoms with Crippen molar-refractivity contribution in [3.63, 3.8) is 0 Å². The number of carbonyl (C=O) groups excluding carboxylic acids is 1. The molecular weight excluding hydrogens is 272 g/mol. The zero-order valence-electron chi connectivity index (χ0n) is 11.6. The highest BCUT2D eigenvalue weighted by Crippen LogP contribution is 1.93. The van der Waals surface area contributed by atoms with Gasteiger partial charge in [-0.2, -0.15) is 0 Å². The first-order valence-electron chi connectivity index (χ1n) is 6.53. The van der Waals surface area contributed by atoms with Crippen LogP contribution in [0.2, 0.25) is 0 Å². The van der Waals surface area contributed by atoms with E-state index < -0.39 is 11.2 Å². The first kappa shape index (κ1) is 14.7. The van der Waals surface area contributed by atoms with Gasteiger partial charge in [0.1, 0.15) is 6.54 Å². The van der Waals surface area contributed by atoms with Gasteiger partial charge < -0.3 is 5.32 Å². The van der Waals surface area contributed by atoms with Crippen LogP contribution in [0.4, 0.5) is 0 Å². The topological polar surface area (TPSA) is 96.8 Å². The number of aromatic nitrogens is 3. The molecule has 0 radical (unpaired) electrons. The lowest BCUT2D eigenvalue weighted by Crippen LogP contribution is -2.37. The Labute approximate surface area is 120 Å². The quantitative estimate of drug-likeness (QED) is 0.782. The molecular formula is C14H16N4O3. The molecule has 0 unspecified atom stereocenters. The van der Waals surface area contributed by atoms with Crippen LogP contribution in [-0.2, 0) is 17.8 Å². The molecule has 2 rings (SSSR count). The highest BCUT2D eigenvalue weighted by molar-refractivity contribution is 5.75. The van der Waals surface area contributed by atoms with Gasteiger partial charge in [-0.25, -0.2) is 4.79 Å². The first-order chi connectivity index (χ1) is 10.1. The third-order valence-corrected chi connectivity index (χ3v) is 2.93. The zero-order chi connectivity index (χ0) is 15.2. The third kappa shape index (κ3) is 4.13. The fraction of sp³-hybridized carbons (Fsp3) is 0.286. The molecule has 0 bridgehead atoms. The van der Waals surface area contributed by atoms with E-state index in [4.69, 9.17) is 0 Å². The highest BCUT2D eigenvalue weighted by atomic mass is 16.2. The van der Waals surface area contributed by atoms with Crippen LogP contribution in [0.25, 0.3) is 0 Å². The predicted molar refractivity (Wildman–Crippen MR) is 77.0 cm³/mol. The van der Waals surface area contributed by atoms with E-state index in [1.165, 1.54) is 10.8 Å². The smallest absolute Gasteiger partial charge is 0.328 e.